The van der Waals surface area contributed by atoms with E-state index in [0.717, 1.165) is 29.1 Å². The molecular weight excluding hydrogens is 392 g/mol. The van der Waals surface area contributed by atoms with Crippen molar-refractivity contribution >= 4 is 45.7 Å². The van der Waals surface area contributed by atoms with Crippen LogP contribution in [-0.2, 0) is 19.1 Å². The van der Waals surface area contributed by atoms with Gasteiger partial charge in [-0.2, -0.15) is 0 Å². The number of hydrogen-bond acceptors (Lipinski definition) is 10. The molecule has 8 nitrogen and oxygen atoms in total. The molecule has 0 aliphatic carbocycles. The fraction of sp³-hybridized carbons (Fsp3) is 0.412. The van der Waals surface area contributed by atoms with Gasteiger partial charge in [-0.25, -0.2) is 0 Å². The summed E-state index contributed by atoms with van der Waals surface area (Å²) < 4.78 is 9.02. The molecule has 1 aromatic carbocycles. The number of carbonyl (C=O) groups excluding carboxylic acids is 4. The van der Waals surface area contributed by atoms with Gasteiger partial charge in [0, 0.05) is 22.6 Å². The smallest absolute Gasteiger partial charge is 0.323 e. The van der Waals surface area contributed by atoms with Gasteiger partial charge in [0.15, 0.2) is 0 Å². The van der Waals surface area contributed by atoms with Crippen LogP contribution in [0, 0.1) is 6.92 Å². The largest absolute Gasteiger partial charge is 0.468 e. The maximum absolute atomic E-state index is 12.3. The number of aryl methyl sites for hydroxylation is 1. The van der Waals surface area contributed by atoms with E-state index in [1.807, 2.05) is 0 Å². The van der Waals surface area contributed by atoms with Gasteiger partial charge >= 0.3 is 11.9 Å². The van der Waals surface area contributed by atoms with Crippen LogP contribution in [0.5, 0.6) is 0 Å². The van der Waals surface area contributed by atoms with Crippen LogP contribution < -0.4 is 11.5 Å². The number of rotatable bonds is 8. The molecule has 148 valence electrons. The van der Waals surface area contributed by atoms with Crippen LogP contribution in [0.1, 0.15) is 26.3 Å². The first-order valence-electron chi connectivity index (χ1n) is 7.82. The Labute approximate surface area is 165 Å². The molecule has 0 radical (unpaired) electrons. The van der Waals surface area contributed by atoms with Gasteiger partial charge in [-0.15, -0.1) is 0 Å². The topological polar surface area (TPSA) is 139 Å². The lowest BCUT2D eigenvalue weighted by molar-refractivity contribution is -0.142. The van der Waals surface area contributed by atoms with Crippen LogP contribution >= 0.6 is 23.5 Å². The van der Waals surface area contributed by atoms with Gasteiger partial charge in [0.2, 0.25) is 10.2 Å². The molecule has 0 spiro atoms. The molecule has 10 heteroatoms. The van der Waals surface area contributed by atoms with Crippen molar-refractivity contribution in [2.45, 2.75) is 19.0 Å². The van der Waals surface area contributed by atoms with Crippen molar-refractivity contribution in [3.8, 4) is 0 Å². The summed E-state index contributed by atoms with van der Waals surface area (Å²) in [5.41, 5.74) is 12.6. The summed E-state index contributed by atoms with van der Waals surface area (Å²) in [4.78, 5) is 47.3. The Morgan fingerprint density at radius 3 is 1.56 bits per heavy atom. The second-order valence-electron chi connectivity index (χ2n) is 5.54. The third-order valence-corrected chi connectivity index (χ3v) is 5.39. The fourth-order valence-electron chi connectivity index (χ4n) is 1.96. The van der Waals surface area contributed by atoms with Gasteiger partial charge in [0.25, 0.3) is 0 Å². The van der Waals surface area contributed by atoms with Crippen molar-refractivity contribution in [3.63, 3.8) is 0 Å². The number of thioether (sulfide) groups is 2. The van der Waals surface area contributed by atoms with E-state index in [1.165, 1.54) is 20.3 Å². The van der Waals surface area contributed by atoms with Gasteiger partial charge in [-0.1, -0.05) is 23.5 Å². The van der Waals surface area contributed by atoms with Gasteiger partial charge in [0.1, 0.15) is 12.1 Å². The minimum atomic E-state index is -0.912. The van der Waals surface area contributed by atoms with Gasteiger partial charge in [-0.05, 0) is 30.7 Å². The molecule has 0 bridgehead atoms. The summed E-state index contributed by atoms with van der Waals surface area (Å²) >= 11 is 1.74. The third kappa shape index (κ3) is 7.33. The number of carbonyl (C=O) groups is 4. The summed E-state index contributed by atoms with van der Waals surface area (Å²) in [5, 5.41) is -0.633. The Morgan fingerprint density at radius 1 is 0.852 bits per heavy atom. The number of ether oxygens (including phenoxy) is 2. The molecule has 0 aromatic heterocycles. The lowest BCUT2D eigenvalue weighted by atomic mass is 10.1. The van der Waals surface area contributed by atoms with Crippen molar-refractivity contribution in [1.82, 2.24) is 0 Å². The number of nitrogens with two attached hydrogens (primary N) is 2. The molecule has 0 saturated carbocycles. The Bertz CT molecular complexity index is 669. The van der Waals surface area contributed by atoms with E-state index in [0.29, 0.717) is 11.1 Å². The number of benzene rings is 1. The Hall–Kier alpha value is -1.88. The highest BCUT2D eigenvalue weighted by molar-refractivity contribution is 8.14. The van der Waals surface area contributed by atoms with E-state index in [9.17, 15) is 19.2 Å². The first kappa shape index (κ1) is 23.2. The van der Waals surface area contributed by atoms with Gasteiger partial charge in [-0.3, -0.25) is 19.2 Å². The normalized spacial score (nSPS) is 12.8. The highest BCUT2D eigenvalue weighted by atomic mass is 32.2. The van der Waals surface area contributed by atoms with Crippen molar-refractivity contribution in [3.05, 3.63) is 34.9 Å². The van der Waals surface area contributed by atoms with Crippen LogP contribution in [0.3, 0.4) is 0 Å². The maximum Gasteiger partial charge on any atom is 0.323 e. The first-order valence-corrected chi connectivity index (χ1v) is 9.79. The Kier molecular flexibility index (Phi) is 9.50. The second kappa shape index (κ2) is 11.1. The van der Waals surface area contributed by atoms with Gasteiger partial charge in [0.05, 0.1) is 14.2 Å². The second-order valence-corrected chi connectivity index (χ2v) is 7.53. The van der Waals surface area contributed by atoms with Crippen molar-refractivity contribution in [2.75, 3.05) is 25.7 Å². The molecule has 0 aliphatic rings. The Morgan fingerprint density at radius 2 is 1.22 bits per heavy atom. The third-order valence-electron chi connectivity index (χ3n) is 3.34. The summed E-state index contributed by atoms with van der Waals surface area (Å²) in [6, 6.07) is 2.92. The summed E-state index contributed by atoms with van der Waals surface area (Å²) in [6.45, 7) is 1.75. The molecule has 0 unspecified atom stereocenters. The minimum Gasteiger partial charge on any atom is -0.468 e. The van der Waals surface area contributed by atoms with Crippen molar-refractivity contribution < 1.29 is 28.7 Å². The van der Waals surface area contributed by atoms with E-state index in [1.54, 1.807) is 19.1 Å². The minimum absolute atomic E-state index is 0.0610. The molecule has 0 fully saturated rings. The Balaban J connectivity index is 2.78. The molecule has 0 heterocycles. The lowest BCUT2D eigenvalue weighted by Crippen LogP contribution is -2.34. The monoisotopic (exact) mass is 414 g/mol. The SMILES string of the molecule is COC(=O)[C@H](N)CSC(=O)c1cc(C)cc(C(=O)SC[C@@H](N)C(=O)OC)c1. The van der Waals surface area contributed by atoms with Crippen LogP contribution in [0.25, 0.3) is 0 Å². The van der Waals surface area contributed by atoms with Crippen LogP contribution in [-0.4, -0.2) is 60.0 Å². The summed E-state index contributed by atoms with van der Waals surface area (Å²) in [6.07, 6.45) is 0. The first-order chi connectivity index (χ1) is 12.7. The predicted molar refractivity (Wildman–Crippen MR) is 105 cm³/mol. The van der Waals surface area contributed by atoms with Crippen LogP contribution in [0.4, 0.5) is 0 Å². The maximum atomic E-state index is 12.3. The number of esters is 2. The van der Waals surface area contributed by atoms with E-state index >= 15 is 0 Å². The van der Waals surface area contributed by atoms with Crippen LogP contribution in [0.15, 0.2) is 18.2 Å². The van der Waals surface area contributed by atoms with Crippen molar-refractivity contribution in [1.29, 1.82) is 0 Å². The molecular formula is C17H22N2O6S2. The number of hydrogen-bond donors (Lipinski definition) is 2. The summed E-state index contributed by atoms with van der Waals surface area (Å²) in [5.74, 6) is -1.08. The average Bonchev–Trinajstić information content (AvgIpc) is 2.67. The van der Waals surface area contributed by atoms with E-state index in [-0.39, 0.29) is 21.7 Å². The standard InChI is InChI=1S/C17H22N2O6S2/c1-9-4-10(16(22)26-7-12(18)14(20)24-2)6-11(5-9)17(23)27-8-13(19)15(21)25-3/h4-6,12-13H,7-8,18-19H2,1-3H3/t12-,13-/m1/s1. The molecule has 0 saturated heterocycles. The molecule has 27 heavy (non-hydrogen) atoms. The molecule has 0 aliphatic heterocycles. The summed E-state index contributed by atoms with van der Waals surface area (Å²) in [7, 11) is 2.44. The highest BCUT2D eigenvalue weighted by Crippen LogP contribution is 2.21. The predicted octanol–water partition coefficient (Wildman–Crippen LogP) is 0.742. The molecule has 4 N–H and O–H groups in total. The van der Waals surface area contributed by atoms with E-state index in [2.05, 4.69) is 9.47 Å². The van der Waals surface area contributed by atoms with Crippen molar-refractivity contribution in [2.24, 2.45) is 11.5 Å². The van der Waals surface area contributed by atoms with Gasteiger partial charge < -0.3 is 20.9 Å². The van der Waals surface area contributed by atoms with E-state index in [4.69, 9.17) is 11.5 Å². The zero-order valence-electron chi connectivity index (χ0n) is 15.2. The quantitative estimate of drug-likeness (QED) is 0.586. The van der Waals surface area contributed by atoms with E-state index < -0.39 is 24.0 Å². The fourth-order valence-corrected chi connectivity index (χ4v) is 3.46. The molecule has 2 atom stereocenters. The molecule has 1 rings (SSSR count). The zero-order valence-corrected chi connectivity index (χ0v) is 16.9. The highest BCUT2D eigenvalue weighted by Gasteiger charge is 2.20. The average molecular weight is 415 g/mol. The number of methoxy groups -OCH3 is 2. The molecule has 1 aromatic rings. The molecule has 0 amide bonds. The lowest BCUT2D eigenvalue weighted by Gasteiger charge is -2.10. The zero-order chi connectivity index (χ0) is 20.6. The van der Waals surface area contributed by atoms with Crippen LogP contribution in [0.2, 0.25) is 0 Å².